The van der Waals surface area contributed by atoms with Crippen LogP contribution in [0.4, 0.5) is 5.13 Å². The molecule has 1 N–H and O–H groups in total. The molecular formula is C23H22ClN3O3S2. The van der Waals surface area contributed by atoms with Crippen LogP contribution in [0.25, 0.3) is 17.3 Å². The van der Waals surface area contributed by atoms with E-state index in [9.17, 15) is 13.2 Å². The lowest BCUT2D eigenvalue weighted by molar-refractivity contribution is -0.120. The smallest absolute Gasteiger partial charge is 0.236 e. The van der Waals surface area contributed by atoms with Crippen LogP contribution in [0.3, 0.4) is 0 Å². The van der Waals surface area contributed by atoms with Crippen LogP contribution in [0.5, 0.6) is 0 Å². The first-order valence-electron chi connectivity index (χ1n) is 10.2. The van der Waals surface area contributed by atoms with Crippen molar-refractivity contribution in [2.45, 2.75) is 12.8 Å². The lowest BCUT2D eigenvalue weighted by Gasteiger charge is -2.29. The number of amides is 1. The number of carbonyl (C=O) groups is 1. The highest BCUT2D eigenvalue weighted by molar-refractivity contribution is 7.92. The van der Waals surface area contributed by atoms with Crippen molar-refractivity contribution in [3.63, 3.8) is 0 Å². The molecule has 3 aromatic rings. The van der Waals surface area contributed by atoms with E-state index < -0.39 is 10.0 Å². The number of thiazole rings is 1. The summed E-state index contributed by atoms with van der Waals surface area (Å²) in [6.07, 6.45) is 2.54. The topological polar surface area (TPSA) is 79.4 Å². The standard InChI is InChI=1S/C23H22ClN3O3S2/c24-20-8-6-18(7-9-20)21-16-31-23(25-21)26-22(28)19-10-13-27(14-11-19)32(29,30)15-12-17-4-2-1-3-5-17/h1-9,12,15-16,19H,10-11,13-14H2,(H,25,26,28)/b15-12+. The van der Waals surface area contributed by atoms with Gasteiger partial charge in [0.2, 0.25) is 15.9 Å². The summed E-state index contributed by atoms with van der Waals surface area (Å²) in [7, 11) is -3.52. The fraction of sp³-hybridized carbons (Fsp3) is 0.217. The van der Waals surface area contributed by atoms with Crippen molar-refractivity contribution >= 4 is 50.1 Å². The Morgan fingerprint density at radius 2 is 1.78 bits per heavy atom. The average Bonchev–Trinajstić information content (AvgIpc) is 3.27. The Morgan fingerprint density at radius 3 is 2.47 bits per heavy atom. The van der Waals surface area contributed by atoms with Gasteiger partial charge in [-0.15, -0.1) is 11.3 Å². The zero-order valence-corrected chi connectivity index (χ0v) is 19.5. The number of hydrogen-bond acceptors (Lipinski definition) is 5. The number of sulfonamides is 1. The number of halogens is 1. The second-order valence-electron chi connectivity index (χ2n) is 7.47. The summed E-state index contributed by atoms with van der Waals surface area (Å²) in [5, 5.41) is 7.17. The highest BCUT2D eigenvalue weighted by Crippen LogP contribution is 2.27. The maximum Gasteiger partial charge on any atom is 0.236 e. The van der Waals surface area contributed by atoms with Gasteiger partial charge in [-0.25, -0.2) is 13.4 Å². The molecule has 6 nitrogen and oxygen atoms in total. The van der Waals surface area contributed by atoms with E-state index in [1.807, 2.05) is 47.8 Å². The Bertz CT molecular complexity index is 1200. The van der Waals surface area contributed by atoms with Gasteiger partial charge < -0.3 is 5.32 Å². The van der Waals surface area contributed by atoms with Crippen molar-refractivity contribution in [2.75, 3.05) is 18.4 Å². The summed E-state index contributed by atoms with van der Waals surface area (Å²) in [5.74, 6) is -0.374. The van der Waals surface area contributed by atoms with E-state index in [1.165, 1.54) is 21.1 Å². The number of benzene rings is 2. The molecule has 0 radical (unpaired) electrons. The van der Waals surface area contributed by atoms with Gasteiger partial charge in [0.25, 0.3) is 0 Å². The first-order valence-corrected chi connectivity index (χ1v) is 12.9. The van der Waals surface area contributed by atoms with E-state index in [1.54, 1.807) is 18.2 Å². The van der Waals surface area contributed by atoms with Crippen LogP contribution in [0.1, 0.15) is 18.4 Å². The lowest BCUT2D eigenvalue weighted by atomic mass is 9.97. The Balaban J connectivity index is 1.32. The number of nitrogens with one attached hydrogen (secondary N) is 1. The van der Waals surface area contributed by atoms with Crippen LogP contribution in [0.15, 0.2) is 65.4 Å². The van der Waals surface area contributed by atoms with Crippen LogP contribution in [-0.4, -0.2) is 36.7 Å². The Labute approximate surface area is 196 Å². The fourth-order valence-corrected chi connectivity index (χ4v) is 5.55. The van der Waals surface area contributed by atoms with E-state index >= 15 is 0 Å². The summed E-state index contributed by atoms with van der Waals surface area (Å²) in [6, 6.07) is 16.6. The minimum absolute atomic E-state index is 0.126. The zero-order valence-electron chi connectivity index (χ0n) is 17.1. The molecule has 0 bridgehead atoms. The van der Waals surface area contributed by atoms with E-state index in [2.05, 4.69) is 10.3 Å². The van der Waals surface area contributed by atoms with E-state index in [-0.39, 0.29) is 11.8 Å². The summed E-state index contributed by atoms with van der Waals surface area (Å²) in [5.41, 5.74) is 2.52. The molecule has 1 saturated heterocycles. The molecule has 1 fully saturated rings. The van der Waals surface area contributed by atoms with Crippen LogP contribution in [0.2, 0.25) is 5.02 Å². The Kier molecular flexibility index (Phi) is 7.05. The largest absolute Gasteiger partial charge is 0.302 e. The highest BCUT2D eigenvalue weighted by atomic mass is 35.5. The highest BCUT2D eigenvalue weighted by Gasteiger charge is 2.30. The number of anilines is 1. The molecular weight excluding hydrogens is 466 g/mol. The molecule has 1 amide bonds. The molecule has 1 aliphatic rings. The van der Waals surface area contributed by atoms with E-state index in [4.69, 9.17) is 11.6 Å². The van der Waals surface area contributed by atoms with Crippen LogP contribution < -0.4 is 5.32 Å². The van der Waals surface area contributed by atoms with Gasteiger partial charge in [0.05, 0.1) is 5.69 Å². The predicted molar refractivity (Wildman–Crippen MR) is 130 cm³/mol. The minimum Gasteiger partial charge on any atom is -0.302 e. The Hall–Kier alpha value is -2.52. The zero-order chi connectivity index (χ0) is 22.6. The second-order valence-corrected chi connectivity index (χ2v) is 10.6. The predicted octanol–water partition coefficient (Wildman–Crippen LogP) is 5.11. The van der Waals surface area contributed by atoms with Gasteiger partial charge in [-0.2, -0.15) is 4.31 Å². The summed E-state index contributed by atoms with van der Waals surface area (Å²) < 4.78 is 26.6. The normalized spacial score (nSPS) is 15.8. The third-order valence-electron chi connectivity index (χ3n) is 5.29. The number of carbonyl (C=O) groups excluding carboxylic acids is 1. The quantitative estimate of drug-likeness (QED) is 0.523. The van der Waals surface area contributed by atoms with Crippen LogP contribution in [0, 0.1) is 5.92 Å². The fourth-order valence-electron chi connectivity index (χ4n) is 3.48. The second kappa shape index (κ2) is 9.95. The average molecular weight is 488 g/mol. The molecule has 0 saturated carbocycles. The molecule has 0 atom stereocenters. The molecule has 0 unspecified atom stereocenters. The van der Waals surface area contributed by atoms with Gasteiger partial charge in [-0.1, -0.05) is 54.1 Å². The summed E-state index contributed by atoms with van der Waals surface area (Å²) in [4.78, 5) is 17.2. The van der Waals surface area contributed by atoms with Gasteiger partial charge in [0.15, 0.2) is 5.13 Å². The van der Waals surface area contributed by atoms with E-state index in [0.29, 0.717) is 36.1 Å². The minimum atomic E-state index is -3.52. The molecule has 9 heteroatoms. The maximum atomic E-state index is 12.7. The van der Waals surface area contributed by atoms with Crippen LogP contribution in [-0.2, 0) is 14.8 Å². The third kappa shape index (κ3) is 5.63. The van der Waals surface area contributed by atoms with Gasteiger partial charge in [-0.3, -0.25) is 4.79 Å². The van der Waals surface area contributed by atoms with Crippen molar-refractivity contribution < 1.29 is 13.2 Å². The number of hydrogen-bond donors (Lipinski definition) is 1. The first kappa shape index (κ1) is 22.7. The number of piperidine rings is 1. The summed E-state index contributed by atoms with van der Waals surface area (Å²) in [6.45, 7) is 0.626. The van der Waals surface area contributed by atoms with Crippen molar-refractivity contribution in [1.29, 1.82) is 0 Å². The SMILES string of the molecule is O=C(Nc1nc(-c2ccc(Cl)cc2)cs1)C1CCN(S(=O)(=O)/C=C/c2ccccc2)CC1. The van der Waals surface area contributed by atoms with Gasteiger partial charge >= 0.3 is 0 Å². The monoisotopic (exact) mass is 487 g/mol. The molecule has 0 spiro atoms. The van der Waals surface area contributed by atoms with Crippen molar-refractivity contribution in [1.82, 2.24) is 9.29 Å². The number of rotatable bonds is 6. The molecule has 2 aromatic carbocycles. The third-order valence-corrected chi connectivity index (χ3v) is 7.87. The Morgan fingerprint density at radius 1 is 1.09 bits per heavy atom. The molecule has 0 aliphatic carbocycles. The van der Waals surface area contributed by atoms with Gasteiger partial charge in [0.1, 0.15) is 0 Å². The number of nitrogens with zero attached hydrogens (tertiary/aromatic N) is 2. The van der Waals surface area contributed by atoms with E-state index in [0.717, 1.165) is 16.8 Å². The number of aromatic nitrogens is 1. The molecule has 32 heavy (non-hydrogen) atoms. The van der Waals surface area contributed by atoms with Gasteiger partial charge in [-0.05, 0) is 36.6 Å². The van der Waals surface area contributed by atoms with Crippen LogP contribution >= 0.6 is 22.9 Å². The lowest BCUT2D eigenvalue weighted by Crippen LogP contribution is -2.40. The maximum absolute atomic E-state index is 12.7. The van der Waals surface area contributed by atoms with Crippen molar-refractivity contribution in [3.8, 4) is 11.3 Å². The van der Waals surface area contributed by atoms with Crippen molar-refractivity contribution in [3.05, 3.63) is 76.0 Å². The van der Waals surface area contributed by atoms with Crippen molar-refractivity contribution in [2.24, 2.45) is 5.92 Å². The van der Waals surface area contributed by atoms with Gasteiger partial charge in [0, 0.05) is 40.4 Å². The first-order chi connectivity index (χ1) is 15.4. The molecule has 2 heterocycles. The molecule has 1 aliphatic heterocycles. The molecule has 166 valence electrons. The molecule has 4 rings (SSSR count). The molecule has 1 aromatic heterocycles. The summed E-state index contributed by atoms with van der Waals surface area (Å²) >= 11 is 7.28.